The molecule has 0 fully saturated rings. The van der Waals surface area contributed by atoms with Crippen molar-refractivity contribution in [1.82, 2.24) is 0 Å². The van der Waals surface area contributed by atoms with Gasteiger partial charge >= 0.3 is 0 Å². The van der Waals surface area contributed by atoms with Crippen LogP contribution in [0, 0.1) is 0 Å². The fraction of sp³-hybridized carbons (Fsp3) is 0.176. The molecule has 19 heavy (non-hydrogen) atoms. The largest absolute Gasteiger partial charge is 0.399 e. The Morgan fingerprint density at radius 3 is 2.53 bits per heavy atom. The molecule has 0 aromatic heterocycles. The summed E-state index contributed by atoms with van der Waals surface area (Å²) in [6, 6.07) is 16.7. The van der Waals surface area contributed by atoms with Gasteiger partial charge in [0.1, 0.15) is 0 Å². The molecule has 1 aliphatic carbocycles. The van der Waals surface area contributed by atoms with Crippen LogP contribution in [0.25, 0.3) is 5.70 Å². The molecular formula is C17H18N2. The van der Waals surface area contributed by atoms with Crippen LogP contribution in [-0.4, -0.2) is 7.05 Å². The second kappa shape index (κ2) is 4.81. The maximum absolute atomic E-state index is 5.75. The summed E-state index contributed by atoms with van der Waals surface area (Å²) in [7, 11) is 2.11. The number of rotatable bonds is 2. The molecule has 96 valence electrons. The van der Waals surface area contributed by atoms with Crippen molar-refractivity contribution in [2.45, 2.75) is 12.8 Å². The standard InChI is InChI=1S/C17H18N2/c1-19(15-11-9-14(18)10-12-15)17-8-4-6-13-5-2-3-7-16(13)17/h2-3,5,7-12H,4,6,18H2,1H3. The molecule has 0 unspecified atom stereocenters. The number of allylic oxidation sites excluding steroid dienone is 1. The maximum atomic E-state index is 5.75. The van der Waals surface area contributed by atoms with Crippen molar-refractivity contribution in [3.8, 4) is 0 Å². The van der Waals surface area contributed by atoms with Crippen molar-refractivity contribution in [3.63, 3.8) is 0 Å². The Hall–Kier alpha value is -2.22. The van der Waals surface area contributed by atoms with Gasteiger partial charge in [0, 0.05) is 29.7 Å². The fourth-order valence-electron chi connectivity index (χ4n) is 2.62. The van der Waals surface area contributed by atoms with Gasteiger partial charge < -0.3 is 10.6 Å². The molecule has 0 bridgehead atoms. The molecule has 0 atom stereocenters. The average molecular weight is 250 g/mol. The quantitative estimate of drug-likeness (QED) is 0.824. The molecule has 0 saturated carbocycles. The zero-order valence-corrected chi connectivity index (χ0v) is 11.1. The molecule has 3 rings (SSSR count). The molecule has 2 N–H and O–H groups in total. The van der Waals surface area contributed by atoms with Crippen LogP contribution < -0.4 is 10.6 Å². The van der Waals surface area contributed by atoms with Gasteiger partial charge in [-0.1, -0.05) is 30.3 Å². The van der Waals surface area contributed by atoms with Gasteiger partial charge in [0.15, 0.2) is 0 Å². The van der Waals surface area contributed by atoms with E-state index in [4.69, 9.17) is 5.73 Å². The lowest BCUT2D eigenvalue weighted by Gasteiger charge is -2.27. The van der Waals surface area contributed by atoms with Gasteiger partial charge in [-0.3, -0.25) is 0 Å². The van der Waals surface area contributed by atoms with Crippen LogP contribution in [0.5, 0.6) is 0 Å². The van der Waals surface area contributed by atoms with Gasteiger partial charge in [-0.05, 0) is 42.7 Å². The predicted octanol–water partition coefficient (Wildman–Crippen LogP) is 3.69. The van der Waals surface area contributed by atoms with Crippen LogP contribution in [0.2, 0.25) is 0 Å². The van der Waals surface area contributed by atoms with Gasteiger partial charge in [-0.15, -0.1) is 0 Å². The summed E-state index contributed by atoms with van der Waals surface area (Å²) in [5.41, 5.74) is 11.8. The first-order chi connectivity index (χ1) is 9.25. The van der Waals surface area contributed by atoms with Crippen LogP contribution >= 0.6 is 0 Å². The summed E-state index contributed by atoms with van der Waals surface area (Å²) in [4.78, 5) is 2.23. The highest BCUT2D eigenvalue weighted by Gasteiger charge is 2.16. The van der Waals surface area contributed by atoms with E-state index in [1.54, 1.807) is 0 Å². The van der Waals surface area contributed by atoms with E-state index in [2.05, 4.69) is 54.4 Å². The molecular weight excluding hydrogens is 232 g/mol. The molecule has 1 aliphatic rings. The van der Waals surface area contributed by atoms with Gasteiger partial charge in [-0.25, -0.2) is 0 Å². The number of anilines is 2. The first-order valence-corrected chi connectivity index (χ1v) is 6.63. The van der Waals surface area contributed by atoms with Gasteiger partial charge in [0.2, 0.25) is 0 Å². The lowest BCUT2D eigenvalue weighted by molar-refractivity contribution is 0.963. The third kappa shape index (κ3) is 2.22. The Labute approximate surface area is 114 Å². The summed E-state index contributed by atoms with van der Waals surface area (Å²) >= 11 is 0. The molecule has 0 radical (unpaired) electrons. The van der Waals surface area contributed by atoms with Crippen LogP contribution in [0.4, 0.5) is 11.4 Å². The maximum Gasteiger partial charge on any atom is 0.0444 e. The van der Waals surface area contributed by atoms with Gasteiger partial charge in [0.05, 0.1) is 0 Å². The lowest BCUT2D eigenvalue weighted by atomic mass is 9.94. The van der Waals surface area contributed by atoms with E-state index in [0.717, 1.165) is 24.2 Å². The van der Waals surface area contributed by atoms with Crippen LogP contribution in [0.1, 0.15) is 17.5 Å². The number of fused-ring (bicyclic) bond motifs is 1. The molecule has 0 amide bonds. The number of aryl methyl sites for hydroxylation is 1. The van der Waals surface area contributed by atoms with E-state index in [9.17, 15) is 0 Å². The van der Waals surface area contributed by atoms with Crippen molar-refractivity contribution in [1.29, 1.82) is 0 Å². The Bertz CT molecular complexity index is 611. The Morgan fingerprint density at radius 2 is 1.74 bits per heavy atom. The lowest BCUT2D eigenvalue weighted by Crippen LogP contribution is -2.18. The SMILES string of the molecule is CN(C1=CCCc2ccccc21)c1ccc(N)cc1. The number of benzene rings is 2. The second-order valence-electron chi connectivity index (χ2n) is 4.94. The van der Waals surface area contributed by atoms with E-state index in [0.29, 0.717) is 0 Å². The molecule has 0 aliphatic heterocycles. The molecule has 0 heterocycles. The van der Waals surface area contributed by atoms with Crippen molar-refractivity contribution >= 4 is 17.1 Å². The zero-order valence-electron chi connectivity index (χ0n) is 11.1. The highest BCUT2D eigenvalue weighted by atomic mass is 15.1. The van der Waals surface area contributed by atoms with E-state index < -0.39 is 0 Å². The molecule has 2 nitrogen and oxygen atoms in total. The second-order valence-corrected chi connectivity index (χ2v) is 4.94. The van der Waals surface area contributed by atoms with Crippen molar-refractivity contribution in [2.24, 2.45) is 0 Å². The van der Waals surface area contributed by atoms with Crippen LogP contribution in [0.15, 0.2) is 54.6 Å². The molecule has 0 spiro atoms. The number of nitrogens with zero attached hydrogens (tertiary/aromatic N) is 1. The first kappa shape index (κ1) is 11.8. The van der Waals surface area contributed by atoms with E-state index >= 15 is 0 Å². The predicted molar refractivity (Wildman–Crippen MR) is 82.0 cm³/mol. The molecule has 2 aromatic rings. The van der Waals surface area contributed by atoms with Crippen molar-refractivity contribution in [2.75, 3.05) is 17.7 Å². The third-order valence-corrected chi connectivity index (χ3v) is 3.69. The van der Waals surface area contributed by atoms with E-state index in [-0.39, 0.29) is 0 Å². The van der Waals surface area contributed by atoms with Gasteiger partial charge in [-0.2, -0.15) is 0 Å². The highest BCUT2D eigenvalue weighted by Crippen LogP contribution is 2.31. The van der Waals surface area contributed by atoms with Crippen LogP contribution in [0.3, 0.4) is 0 Å². The summed E-state index contributed by atoms with van der Waals surface area (Å²) in [5.74, 6) is 0. The topological polar surface area (TPSA) is 29.3 Å². The van der Waals surface area contributed by atoms with E-state index in [1.807, 2.05) is 12.1 Å². The van der Waals surface area contributed by atoms with E-state index in [1.165, 1.54) is 16.8 Å². The molecule has 2 heteroatoms. The Morgan fingerprint density at radius 1 is 1.00 bits per heavy atom. The fourth-order valence-corrected chi connectivity index (χ4v) is 2.62. The van der Waals surface area contributed by atoms with Crippen molar-refractivity contribution in [3.05, 3.63) is 65.7 Å². The number of hydrogen-bond acceptors (Lipinski definition) is 2. The first-order valence-electron chi connectivity index (χ1n) is 6.63. The van der Waals surface area contributed by atoms with Gasteiger partial charge in [0.25, 0.3) is 0 Å². The minimum atomic E-state index is 0.801. The normalized spacial score (nSPS) is 13.6. The summed E-state index contributed by atoms with van der Waals surface area (Å²) in [6.07, 6.45) is 4.56. The summed E-state index contributed by atoms with van der Waals surface area (Å²) in [6.45, 7) is 0. The number of nitrogen functional groups attached to an aromatic ring is 1. The minimum Gasteiger partial charge on any atom is -0.399 e. The Balaban J connectivity index is 1.98. The highest BCUT2D eigenvalue weighted by molar-refractivity contribution is 5.81. The number of nitrogens with two attached hydrogens (primary N) is 1. The summed E-state index contributed by atoms with van der Waals surface area (Å²) < 4.78 is 0. The molecule has 0 saturated heterocycles. The third-order valence-electron chi connectivity index (χ3n) is 3.69. The Kier molecular flexibility index (Phi) is 3.00. The zero-order chi connectivity index (χ0) is 13.2. The van der Waals surface area contributed by atoms with Crippen molar-refractivity contribution < 1.29 is 0 Å². The minimum absolute atomic E-state index is 0.801. The van der Waals surface area contributed by atoms with Crippen LogP contribution in [-0.2, 0) is 6.42 Å². The monoisotopic (exact) mass is 250 g/mol. The smallest absolute Gasteiger partial charge is 0.0444 e. The number of hydrogen-bond donors (Lipinski definition) is 1. The molecule has 2 aromatic carbocycles. The average Bonchev–Trinajstić information content (AvgIpc) is 2.47. The summed E-state index contributed by atoms with van der Waals surface area (Å²) in [5, 5.41) is 0.